The highest BCUT2D eigenvalue weighted by atomic mass is 16.4. The Hall–Kier alpha value is -3.91. The molecule has 5 nitrogen and oxygen atoms in total. The van der Waals surface area contributed by atoms with Gasteiger partial charge in [0.25, 0.3) is 0 Å². The lowest BCUT2D eigenvalue weighted by Crippen LogP contribution is -2.09. The zero-order valence-electron chi connectivity index (χ0n) is 14.4. The molecule has 132 valence electrons. The average molecular weight is 357 g/mol. The summed E-state index contributed by atoms with van der Waals surface area (Å²) >= 11 is 0. The fourth-order valence-electron chi connectivity index (χ4n) is 3.13. The van der Waals surface area contributed by atoms with Crippen LogP contribution >= 0.6 is 0 Å². The van der Waals surface area contributed by atoms with E-state index in [1.54, 1.807) is 18.2 Å². The Kier molecular flexibility index (Phi) is 4.73. The van der Waals surface area contributed by atoms with E-state index in [4.69, 9.17) is 0 Å². The fraction of sp³-hybridized carbons (Fsp3) is 0.0455. The van der Waals surface area contributed by atoms with Gasteiger partial charge in [-0.25, -0.2) is 9.59 Å². The third-order valence-corrected chi connectivity index (χ3v) is 4.45. The topological polar surface area (TPSA) is 98.4 Å². The number of benzene rings is 3. The first-order valence-corrected chi connectivity index (χ1v) is 8.14. The van der Waals surface area contributed by atoms with Crippen molar-refractivity contribution in [2.24, 2.45) is 0 Å². The molecule has 0 saturated carbocycles. The lowest BCUT2D eigenvalue weighted by Gasteiger charge is -2.13. The van der Waals surface area contributed by atoms with Crippen molar-refractivity contribution >= 4 is 11.9 Å². The Balaban J connectivity index is 2.21. The molecule has 0 heterocycles. The molecule has 2 N–H and O–H groups in total. The summed E-state index contributed by atoms with van der Waals surface area (Å²) in [6.45, 7) is 1.47. The smallest absolute Gasteiger partial charge is 0.336 e. The van der Waals surface area contributed by atoms with Crippen molar-refractivity contribution in [1.29, 1.82) is 5.26 Å². The third kappa shape index (κ3) is 3.29. The number of hydrogen-bond acceptors (Lipinski definition) is 3. The van der Waals surface area contributed by atoms with Gasteiger partial charge in [0.2, 0.25) is 0 Å². The van der Waals surface area contributed by atoms with E-state index in [2.05, 4.69) is 6.07 Å². The van der Waals surface area contributed by atoms with Crippen LogP contribution in [0, 0.1) is 18.3 Å². The van der Waals surface area contributed by atoms with Gasteiger partial charge in [-0.05, 0) is 46.9 Å². The Morgan fingerprint density at radius 3 is 2.11 bits per heavy atom. The molecule has 0 aliphatic rings. The molecule has 5 heteroatoms. The first-order chi connectivity index (χ1) is 12.9. The monoisotopic (exact) mass is 357 g/mol. The molecule has 27 heavy (non-hydrogen) atoms. The summed E-state index contributed by atoms with van der Waals surface area (Å²) in [5.74, 6) is -2.39. The second kappa shape index (κ2) is 7.14. The van der Waals surface area contributed by atoms with Gasteiger partial charge in [-0.3, -0.25) is 0 Å². The van der Waals surface area contributed by atoms with Crippen molar-refractivity contribution in [3.05, 3.63) is 82.9 Å². The van der Waals surface area contributed by atoms with Crippen LogP contribution in [0.3, 0.4) is 0 Å². The fourth-order valence-corrected chi connectivity index (χ4v) is 3.13. The van der Waals surface area contributed by atoms with Crippen LogP contribution in [-0.2, 0) is 0 Å². The number of rotatable bonds is 4. The zero-order chi connectivity index (χ0) is 19.6. The lowest BCUT2D eigenvalue weighted by molar-refractivity contribution is 0.0696. The summed E-state index contributed by atoms with van der Waals surface area (Å²) in [4.78, 5) is 23.1. The van der Waals surface area contributed by atoms with Gasteiger partial charge in [-0.2, -0.15) is 5.26 Å². The van der Waals surface area contributed by atoms with Crippen molar-refractivity contribution in [2.75, 3.05) is 0 Å². The molecule has 0 atom stereocenters. The first kappa shape index (κ1) is 17.9. The molecule has 3 aromatic carbocycles. The van der Waals surface area contributed by atoms with Gasteiger partial charge in [0.1, 0.15) is 0 Å². The van der Waals surface area contributed by atoms with E-state index in [-0.39, 0.29) is 16.7 Å². The molecule has 0 aromatic heterocycles. The van der Waals surface area contributed by atoms with Crippen LogP contribution < -0.4 is 0 Å². The van der Waals surface area contributed by atoms with E-state index < -0.39 is 11.9 Å². The molecular weight excluding hydrogens is 342 g/mol. The van der Waals surface area contributed by atoms with Gasteiger partial charge >= 0.3 is 11.9 Å². The summed E-state index contributed by atoms with van der Waals surface area (Å²) in [6.07, 6.45) is 0. The van der Waals surface area contributed by atoms with E-state index in [9.17, 15) is 25.1 Å². The van der Waals surface area contributed by atoms with Crippen molar-refractivity contribution in [3.63, 3.8) is 0 Å². The predicted octanol–water partition coefficient (Wildman–Crippen LogP) is 4.60. The normalized spacial score (nSPS) is 10.2. The number of hydrogen-bond donors (Lipinski definition) is 2. The molecule has 0 fully saturated rings. The Labute approximate surface area is 155 Å². The van der Waals surface area contributed by atoms with Gasteiger partial charge in [0.05, 0.1) is 22.8 Å². The van der Waals surface area contributed by atoms with E-state index >= 15 is 0 Å². The molecule has 0 saturated heterocycles. The molecule has 0 aliphatic carbocycles. The molecule has 0 aliphatic heterocycles. The van der Waals surface area contributed by atoms with E-state index in [0.29, 0.717) is 16.7 Å². The van der Waals surface area contributed by atoms with Gasteiger partial charge in [0.15, 0.2) is 0 Å². The highest BCUT2D eigenvalue weighted by Crippen LogP contribution is 2.32. The van der Waals surface area contributed by atoms with Crippen molar-refractivity contribution in [3.8, 4) is 28.3 Å². The highest BCUT2D eigenvalue weighted by Gasteiger charge is 2.21. The summed E-state index contributed by atoms with van der Waals surface area (Å²) < 4.78 is 0. The largest absolute Gasteiger partial charge is 0.478 e. The summed E-state index contributed by atoms with van der Waals surface area (Å²) in [6, 6.07) is 19.6. The van der Waals surface area contributed by atoms with E-state index in [1.807, 2.05) is 30.3 Å². The standard InChI is InChI=1S/C22H15NO4/c1-13-17(21(24)25)9-10-19(20(13)22(26)27)15-7-8-18(16(11-15)12-23)14-5-3-2-4-6-14/h2-11H,1H3,(H,24,25)(H,26,27). The zero-order valence-corrected chi connectivity index (χ0v) is 14.4. The average Bonchev–Trinajstić information content (AvgIpc) is 2.67. The minimum absolute atomic E-state index is 0.0578. The summed E-state index contributed by atoms with van der Waals surface area (Å²) in [5.41, 5.74) is 3.01. The second-order valence-corrected chi connectivity index (χ2v) is 6.01. The minimum atomic E-state index is -1.21. The van der Waals surface area contributed by atoms with Crippen molar-refractivity contribution in [2.45, 2.75) is 6.92 Å². The minimum Gasteiger partial charge on any atom is -0.478 e. The quantitative estimate of drug-likeness (QED) is 0.711. The maximum absolute atomic E-state index is 11.8. The van der Waals surface area contributed by atoms with Crippen LogP contribution in [0.5, 0.6) is 0 Å². The molecule has 3 rings (SSSR count). The van der Waals surface area contributed by atoms with Crippen LogP contribution in [0.1, 0.15) is 31.8 Å². The number of carbonyl (C=O) groups is 2. The lowest BCUT2D eigenvalue weighted by atomic mass is 9.90. The van der Waals surface area contributed by atoms with E-state index in [1.165, 1.54) is 19.1 Å². The van der Waals surface area contributed by atoms with Gasteiger partial charge < -0.3 is 10.2 Å². The number of carboxylic acid groups (broad SMARTS) is 2. The van der Waals surface area contributed by atoms with Crippen LogP contribution in [0.25, 0.3) is 22.3 Å². The number of carboxylic acids is 2. The van der Waals surface area contributed by atoms with Gasteiger partial charge in [-0.1, -0.05) is 48.5 Å². The third-order valence-electron chi connectivity index (χ3n) is 4.45. The number of nitriles is 1. The Morgan fingerprint density at radius 2 is 1.52 bits per heavy atom. The second-order valence-electron chi connectivity index (χ2n) is 6.01. The Morgan fingerprint density at radius 1 is 0.852 bits per heavy atom. The summed E-state index contributed by atoms with van der Waals surface area (Å²) in [5, 5.41) is 28.4. The molecule has 0 amide bonds. The SMILES string of the molecule is Cc1c(C(=O)O)ccc(-c2ccc(-c3ccccc3)c(C#N)c2)c1C(=O)O. The molecule has 0 unspecified atom stereocenters. The van der Waals surface area contributed by atoms with Crippen molar-refractivity contribution in [1.82, 2.24) is 0 Å². The number of nitrogens with zero attached hydrogens (tertiary/aromatic N) is 1. The van der Waals surface area contributed by atoms with Gasteiger partial charge in [0, 0.05) is 0 Å². The predicted molar refractivity (Wildman–Crippen MR) is 101 cm³/mol. The number of aromatic carboxylic acids is 2. The molecule has 0 spiro atoms. The molecular formula is C22H15NO4. The van der Waals surface area contributed by atoms with Crippen LogP contribution in [0.2, 0.25) is 0 Å². The summed E-state index contributed by atoms with van der Waals surface area (Å²) in [7, 11) is 0. The first-order valence-electron chi connectivity index (χ1n) is 8.14. The molecule has 0 bridgehead atoms. The maximum Gasteiger partial charge on any atom is 0.336 e. The highest BCUT2D eigenvalue weighted by molar-refractivity contribution is 6.02. The molecule has 3 aromatic rings. The van der Waals surface area contributed by atoms with Crippen molar-refractivity contribution < 1.29 is 19.8 Å². The molecule has 0 radical (unpaired) electrons. The van der Waals surface area contributed by atoms with Crippen LogP contribution in [-0.4, -0.2) is 22.2 Å². The maximum atomic E-state index is 11.8. The Bertz CT molecular complexity index is 1100. The van der Waals surface area contributed by atoms with E-state index in [0.717, 1.165) is 11.1 Å². The van der Waals surface area contributed by atoms with Crippen LogP contribution in [0.4, 0.5) is 0 Å². The van der Waals surface area contributed by atoms with Crippen LogP contribution in [0.15, 0.2) is 60.7 Å². The van der Waals surface area contributed by atoms with Gasteiger partial charge in [-0.15, -0.1) is 0 Å².